The van der Waals surface area contributed by atoms with E-state index in [-0.39, 0.29) is 11.7 Å². The van der Waals surface area contributed by atoms with E-state index >= 15 is 0 Å². The first kappa shape index (κ1) is 19.0. The van der Waals surface area contributed by atoms with Gasteiger partial charge in [-0.1, -0.05) is 12.1 Å². The predicted octanol–water partition coefficient (Wildman–Crippen LogP) is 2.02. The van der Waals surface area contributed by atoms with Crippen LogP contribution in [-0.4, -0.2) is 67.4 Å². The number of benzene rings is 1. The molecule has 0 radical (unpaired) electrons. The Morgan fingerprint density at radius 3 is 2.50 bits per heavy atom. The van der Waals surface area contributed by atoms with Crippen molar-refractivity contribution in [3.05, 3.63) is 29.8 Å². The Morgan fingerprint density at radius 2 is 1.85 bits per heavy atom. The molecule has 3 rings (SSSR count). The van der Waals surface area contributed by atoms with Crippen molar-refractivity contribution < 1.29 is 22.7 Å². The van der Waals surface area contributed by atoms with E-state index < -0.39 is 6.36 Å². The quantitative estimate of drug-likeness (QED) is 0.860. The molecule has 2 aliphatic rings. The fourth-order valence-electron chi connectivity index (χ4n) is 3.58. The van der Waals surface area contributed by atoms with E-state index in [0.29, 0.717) is 18.9 Å². The molecule has 2 saturated heterocycles. The van der Waals surface area contributed by atoms with Crippen molar-refractivity contribution in [2.45, 2.75) is 31.7 Å². The molecule has 2 fully saturated rings. The van der Waals surface area contributed by atoms with Gasteiger partial charge in [0.25, 0.3) is 0 Å². The molecule has 1 atom stereocenters. The van der Waals surface area contributed by atoms with Gasteiger partial charge in [0.1, 0.15) is 5.75 Å². The molecule has 2 heterocycles. The van der Waals surface area contributed by atoms with E-state index in [4.69, 9.17) is 0 Å². The van der Waals surface area contributed by atoms with E-state index in [2.05, 4.69) is 15.0 Å². The average molecular weight is 371 g/mol. The maximum Gasteiger partial charge on any atom is 0.573 e. The molecule has 1 amide bonds. The number of carbonyl (C=O) groups is 1. The van der Waals surface area contributed by atoms with Crippen molar-refractivity contribution in [2.75, 3.05) is 39.3 Å². The van der Waals surface area contributed by atoms with Crippen LogP contribution >= 0.6 is 0 Å². The van der Waals surface area contributed by atoms with Gasteiger partial charge in [0.05, 0.1) is 0 Å². The van der Waals surface area contributed by atoms with Crippen molar-refractivity contribution in [2.24, 2.45) is 0 Å². The van der Waals surface area contributed by atoms with Gasteiger partial charge in [0.2, 0.25) is 5.91 Å². The standard InChI is InChI=1S/C18H24F3N3O2/c19-18(20,21)26-16-4-1-14(2-5-16)3-6-17(25)24-10-7-15(13-24)23-11-8-22-9-12-23/h1-2,4-5,15,22H,3,6-13H2. The monoisotopic (exact) mass is 371 g/mol. The highest BCUT2D eigenvalue weighted by molar-refractivity contribution is 5.76. The SMILES string of the molecule is O=C(CCc1ccc(OC(F)(F)F)cc1)N1CCC(N2CCNCC2)C1. The van der Waals surface area contributed by atoms with E-state index in [9.17, 15) is 18.0 Å². The maximum absolute atomic E-state index is 12.4. The van der Waals surface area contributed by atoms with Gasteiger partial charge in [-0.05, 0) is 30.5 Å². The lowest BCUT2D eigenvalue weighted by Gasteiger charge is -2.32. The zero-order valence-electron chi connectivity index (χ0n) is 14.6. The van der Waals surface area contributed by atoms with Crippen molar-refractivity contribution in [1.29, 1.82) is 0 Å². The molecule has 1 unspecified atom stereocenters. The number of amides is 1. The number of aryl methyl sites for hydroxylation is 1. The van der Waals surface area contributed by atoms with E-state index in [1.165, 1.54) is 12.1 Å². The van der Waals surface area contributed by atoms with Crippen LogP contribution in [0.3, 0.4) is 0 Å². The molecule has 1 N–H and O–H groups in total. The smallest absolute Gasteiger partial charge is 0.406 e. The number of hydrogen-bond acceptors (Lipinski definition) is 4. The van der Waals surface area contributed by atoms with E-state index in [1.54, 1.807) is 12.1 Å². The van der Waals surface area contributed by atoms with Crippen LogP contribution in [0.2, 0.25) is 0 Å². The number of carbonyl (C=O) groups excluding carboxylic acids is 1. The normalized spacial score (nSPS) is 21.8. The Morgan fingerprint density at radius 1 is 1.15 bits per heavy atom. The Labute approximate surface area is 151 Å². The van der Waals surface area contributed by atoms with Gasteiger partial charge in [-0.25, -0.2) is 0 Å². The van der Waals surface area contributed by atoms with Gasteiger partial charge in [0.15, 0.2) is 0 Å². The van der Waals surface area contributed by atoms with Crippen LogP contribution in [0.5, 0.6) is 5.75 Å². The third kappa shape index (κ3) is 5.35. The first-order chi connectivity index (χ1) is 12.4. The highest BCUT2D eigenvalue weighted by Gasteiger charge is 2.31. The van der Waals surface area contributed by atoms with Crippen LogP contribution in [0.25, 0.3) is 0 Å². The second kappa shape index (κ2) is 8.26. The number of alkyl halides is 3. The summed E-state index contributed by atoms with van der Waals surface area (Å²) in [7, 11) is 0. The largest absolute Gasteiger partial charge is 0.573 e. The summed E-state index contributed by atoms with van der Waals surface area (Å²) in [6.07, 6.45) is -2.79. The second-order valence-electron chi connectivity index (χ2n) is 6.76. The zero-order chi connectivity index (χ0) is 18.6. The molecule has 26 heavy (non-hydrogen) atoms. The summed E-state index contributed by atoms with van der Waals surface area (Å²) in [5, 5.41) is 3.33. The minimum absolute atomic E-state index is 0.109. The number of piperazine rings is 1. The van der Waals surface area contributed by atoms with Gasteiger partial charge in [-0.2, -0.15) is 0 Å². The summed E-state index contributed by atoms with van der Waals surface area (Å²) < 4.78 is 40.3. The van der Waals surface area contributed by atoms with Crippen LogP contribution in [0.1, 0.15) is 18.4 Å². The second-order valence-corrected chi connectivity index (χ2v) is 6.76. The number of halogens is 3. The number of ether oxygens (including phenoxy) is 1. The minimum atomic E-state index is -4.69. The summed E-state index contributed by atoms with van der Waals surface area (Å²) in [4.78, 5) is 16.8. The number of rotatable bonds is 5. The van der Waals surface area contributed by atoms with E-state index in [0.717, 1.165) is 51.3 Å². The lowest BCUT2D eigenvalue weighted by Crippen LogP contribution is -2.49. The topological polar surface area (TPSA) is 44.8 Å². The molecular formula is C18H24F3N3O2. The van der Waals surface area contributed by atoms with Gasteiger partial charge in [-0.3, -0.25) is 9.69 Å². The summed E-state index contributed by atoms with van der Waals surface area (Å²) in [5.74, 6) is -0.135. The van der Waals surface area contributed by atoms with Crippen LogP contribution < -0.4 is 10.1 Å². The molecule has 5 nitrogen and oxygen atoms in total. The average Bonchev–Trinajstić information content (AvgIpc) is 3.10. The molecule has 0 spiro atoms. The van der Waals surface area contributed by atoms with Crippen LogP contribution in [0.4, 0.5) is 13.2 Å². The summed E-state index contributed by atoms with van der Waals surface area (Å²) in [6, 6.07) is 6.15. The molecule has 1 aromatic carbocycles. The highest BCUT2D eigenvalue weighted by Crippen LogP contribution is 2.23. The number of nitrogens with zero attached hydrogens (tertiary/aromatic N) is 2. The Hall–Kier alpha value is -1.80. The van der Waals surface area contributed by atoms with E-state index in [1.807, 2.05) is 4.90 Å². The highest BCUT2D eigenvalue weighted by atomic mass is 19.4. The van der Waals surface area contributed by atoms with Crippen molar-refractivity contribution in [1.82, 2.24) is 15.1 Å². The molecule has 0 aliphatic carbocycles. The van der Waals surface area contributed by atoms with Crippen LogP contribution in [-0.2, 0) is 11.2 Å². The molecule has 8 heteroatoms. The minimum Gasteiger partial charge on any atom is -0.406 e. The first-order valence-corrected chi connectivity index (χ1v) is 8.98. The van der Waals surface area contributed by atoms with Crippen LogP contribution in [0.15, 0.2) is 24.3 Å². The fourth-order valence-corrected chi connectivity index (χ4v) is 3.58. The number of nitrogens with one attached hydrogen (secondary N) is 1. The summed E-state index contributed by atoms with van der Waals surface area (Å²) in [6.45, 7) is 5.61. The molecule has 0 bridgehead atoms. The Balaban J connectivity index is 1.44. The lowest BCUT2D eigenvalue weighted by molar-refractivity contribution is -0.274. The van der Waals surface area contributed by atoms with Gasteiger partial charge in [0, 0.05) is 51.7 Å². The molecule has 1 aromatic rings. The summed E-state index contributed by atoms with van der Waals surface area (Å²) >= 11 is 0. The molecule has 0 aromatic heterocycles. The maximum atomic E-state index is 12.4. The number of likely N-dealkylation sites (tertiary alicyclic amines) is 1. The number of hydrogen-bond donors (Lipinski definition) is 1. The predicted molar refractivity (Wildman–Crippen MR) is 90.9 cm³/mol. The third-order valence-electron chi connectivity index (χ3n) is 4.97. The molecule has 2 aliphatic heterocycles. The summed E-state index contributed by atoms with van der Waals surface area (Å²) in [5.41, 5.74) is 0.825. The first-order valence-electron chi connectivity index (χ1n) is 8.98. The van der Waals surface area contributed by atoms with Crippen molar-refractivity contribution in [3.63, 3.8) is 0 Å². The van der Waals surface area contributed by atoms with Crippen LogP contribution in [0, 0.1) is 0 Å². The van der Waals surface area contributed by atoms with Crippen molar-refractivity contribution >= 4 is 5.91 Å². The van der Waals surface area contributed by atoms with Gasteiger partial charge >= 0.3 is 6.36 Å². The Bertz CT molecular complexity index is 601. The van der Waals surface area contributed by atoms with Gasteiger partial charge in [-0.15, -0.1) is 13.2 Å². The molecule has 0 saturated carbocycles. The fraction of sp³-hybridized carbons (Fsp3) is 0.611. The zero-order valence-corrected chi connectivity index (χ0v) is 14.6. The van der Waals surface area contributed by atoms with Crippen molar-refractivity contribution in [3.8, 4) is 5.75 Å². The molecular weight excluding hydrogens is 347 g/mol. The molecule has 144 valence electrons. The lowest BCUT2D eigenvalue weighted by atomic mass is 10.1. The van der Waals surface area contributed by atoms with Gasteiger partial charge < -0.3 is 15.0 Å². The Kier molecular flexibility index (Phi) is 6.03. The third-order valence-corrected chi connectivity index (χ3v) is 4.97.